The molecule has 0 aliphatic rings. The van der Waals surface area contributed by atoms with E-state index < -0.39 is 0 Å². The van der Waals surface area contributed by atoms with Crippen LogP contribution in [-0.2, 0) is 0 Å². The molecule has 0 unspecified atom stereocenters. The monoisotopic (exact) mass is 241 g/mol. The molecule has 0 aliphatic heterocycles. The Bertz CT molecular complexity index is 475. The highest BCUT2D eigenvalue weighted by Crippen LogP contribution is 2.24. The minimum Gasteiger partial charge on any atom is -0.382 e. The highest BCUT2D eigenvalue weighted by molar-refractivity contribution is 9.10. The van der Waals surface area contributed by atoms with Crippen molar-refractivity contribution in [2.24, 2.45) is 0 Å². The summed E-state index contributed by atoms with van der Waals surface area (Å²) in [4.78, 5) is 4.05. The number of anilines is 1. The van der Waals surface area contributed by atoms with E-state index in [1.807, 2.05) is 6.92 Å². The summed E-state index contributed by atoms with van der Waals surface area (Å²) in [5.41, 5.74) is 7.31. The summed E-state index contributed by atoms with van der Waals surface area (Å²) in [6.45, 7) is 3.66. The van der Waals surface area contributed by atoms with E-state index in [-0.39, 0.29) is 0 Å². The van der Waals surface area contributed by atoms with E-state index in [0.29, 0.717) is 11.6 Å². The zero-order chi connectivity index (χ0) is 9.59. The first-order chi connectivity index (χ1) is 6.09. The summed E-state index contributed by atoms with van der Waals surface area (Å²) in [6.07, 6.45) is 0. The van der Waals surface area contributed by atoms with Gasteiger partial charge in [-0.2, -0.15) is 5.10 Å². The summed E-state index contributed by atoms with van der Waals surface area (Å²) in [6, 6.07) is 0. The number of aromatic nitrogens is 4. The quantitative estimate of drug-likeness (QED) is 0.750. The van der Waals surface area contributed by atoms with Crippen LogP contribution in [0.5, 0.6) is 0 Å². The van der Waals surface area contributed by atoms with Gasteiger partial charge >= 0.3 is 0 Å². The number of hydrogen-bond donors (Lipinski definition) is 1. The van der Waals surface area contributed by atoms with Crippen LogP contribution < -0.4 is 5.73 Å². The molecule has 2 aromatic heterocycles. The highest BCUT2D eigenvalue weighted by Gasteiger charge is 2.11. The van der Waals surface area contributed by atoms with E-state index in [1.165, 1.54) is 4.63 Å². The lowest BCUT2D eigenvalue weighted by Gasteiger charge is -1.97. The first-order valence-corrected chi connectivity index (χ1v) is 4.54. The van der Waals surface area contributed by atoms with Crippen LogP contribution in [0.15, 0.2) is 4.47 Å². The number of fused-ring (bicyclic) bond motifs is 1. The molecule has 0 atom stereocenters. The lowest BCUT2D eigenvalue weighted by molar-refractivity contribution is 0.750. The van der Waals surface area contributed by atoms with Crippen molar-refractivity contribution in [1.29, 1.82) is 0 Å². The number of nitrogen functional groups attached to an aromatic ring is 1. The number of nitrogens with zero attached hydrogens (tertiary/aromatic N) is 4. The van der Waals surface area contributed by atoms with Crippen LogP contribution in [0.25, 0.3) is 5.52 Å². The lowest BCUT2D eigenvalue weighted by atomic mass is 10.4. The molecule has 68 valence electrons. The zero-order valence-electron chi connectivity index (χ0n) is 7.24. The van der Waals surface area contributed by atoms with E-state index >= 15 is 0 Å². The van der Waals surface area contributed by atoms with Gasteiger partial charge in [0.1, 0.15) is 11.3 Å². The van der Waals surface area contributed by atoms with Crippen molar-refractivity contribution in [3.05, 3.63) is 16.0 Å². The number of halogens is 1. The average molecular weight is 242 g/mol. The molecule has 0 radical (unpaired) electrons. The third-order valence-corrected chi connectivity index (χ3v) is 2.68. The van der Waals surface area contributed by atoms with Crippen LogP contribution in [0.1, 0.15) is 11.5 Å². The Labute approximate surface area is 83.1 Å². The van der Waals surface area contributed by atoms with Gasteiger partial charge in [-0.1, -0.05) is 0 Å². The highest BCUT2D eigenvalue weighted by atomic mass is 79.9. The van der Waals surface area contributed by atoms with Gasteiger partial charge in [0.25, 0.3) is 0 Å². The van der Waals surface area contributed by atoms with Crippen molar-refractivity contribution in [2.45, 2.75) is 13.8 Å². The normalized spacial score (nSPS) is 11.0. The van der Waals surface area contributed by atoms with Crippen LogP contribution in [0.4, 0.5) is 5.82 Å². The Morgan fingerprint density at radius 3 is 2.69 bits per heavy atom. The fraction of sp³-hybridized carbons (Fsp3) is 0.286. The number of aryl methyl sites for hydroxylation is 2. The van der Waals surface area contributed by atoms with Crippen molar-refractivity contribution in [3.8, 4) is 0 Å². The van der Waals surface area contributed by atoms with Gasteiger partial charge in [-0.05, 0) is 29.8 Å². The molecule has 13 heavy (non-hydrogen) atoms. The first kappa shape index (κ1) is 8.43. The van der Waals surface area contributed by atoms with E-state index in [9.17, 15) is 0 Å². The topological polar surface area (TPSA) is 69.1 Å². The molecule has 2 heterocycles. The van der Waals surface area contributed by atoms with Gasteiger partial charge in [-0.25, -0.2) is 4.98 Å². The third kappa shape index (κ3) is 1.17. The number of hydrogen-bond acceptors (Lipinski definition) is 4. The standard InChI is InChI=1S/C7H8BrN5/c1-3-5(8)6-7(9)10-4(2)12-13(6)11-3/h1-2H3,(H2,9,10,12). The molecule has 2 rings (SSSR count). The van der Waals surface area contributed by atoms with Crippen LogP contribution in [0.2, 0.25) is 0 Å². The molecule has 6 heteroatoms. The molecule has 0 bridgehead atoms. The maximum Gasteiger partial charge on any atom is 0.154 e. The Hall–Kier alpha value is -1.17. The molecule has 0 aliphatic carbocycles. The fourth-order valence-electron chi connectivity index (χ4n) is 1.17. The minimum absolute atomic E-state index is 0.444. The van der Waals surface area contributed by atoms with E-state index in [4.69, 9.17) is 5.73 Å². The predicted molar refractivity (Wildman–Crippen MR) is 52.4 cm³/mol. The molecule has 0 amide bonds. The van der Waals surface area contributed by atoms with Gasteiger partial charge in [-0.15, -0.1) is 9.73 Å². The molecule has 2 N–H and O–H groups in total. The van der Waals surface area contributed by atoms with Crippen LogP contribution >= 0.6 is 15.9 Å². The Kier molecular flexibility index (Phi) is 1.73. The van der Waals surface area contributed by atoms with Crippen LogP contribution in [0.3, 0.4) is 0 Å². The maximum absolute atomic E-state index is 5.73. The summed E-state index contributed by atoms with van der Waals surface area (Å²) in [5.74, 6) is 1.06. The largest absolute Gasteiger partial charge is 0.382 e. The third-order valence-electron chi connectivity index (χ3n) is 1.73. The second kappa shape index (κ2) is 2.66. The van der Waals surface area contributed by atoms with Crippen molar-refractivity contribution in [2.75, 3.05) is 5.73 Å². The first-order valence-electron chi connectivity index (χ1n) is 3.75. The summed E-state index contributed by atoms with van der Waals surface area (Å²) in [7, 11) is 0. The van der Waals surface area contributed by atoms with Crippen molar-refractivity contribution in [3.63, 3.8) is 0 Å². The molecule has 5 nitrogen and oxygen atoms in total. The lowest BCUT2D eigenvalue weighted by Crippen LogP contribution is -2.03. The van der Waals surface area contributed by atoms with Gasteiger partial charge < -0.3 is 5.73 Å². The predicted octanol–water partition coefficient (Wildman–Crippen LogP) is 1.09. The van der Waals surface area contributed by atoms with Gasteiger partial charge in [0.15, 0.2) is 5.82 Å². The maximum atomic E-state index is 5.73. The van der Waals surface area contributed by atoms with Crippen molar-refractivity contribution >= 4 is 27.3 Å². The van der Waals surface area contributed by atoms with Gasteiger partial charge in [0.2, 0.25) is 0 Å². The molecule has 2 aromatic rings. The minimum atomic E-state index is 0.444. The van der Waals surface area contributed by atoms with Gasteiger partial charge in [0.05, 0.1) is 10.2 Å². The average Bonchev–Trinajstić information content (AvgIpc) is 2.27. The SMILES string of the molecule is Cc1nc(N)c2c(Br)c(C)nn2n1. The van der Waals surface area contributed by atoms with E-state index in [1.54, 1.807) is 6.92 Å². The molecule has 0 saturated carbocycles. The van der Waals surface area contributed by atoms with E-state index in [2.05, 4.69) is 31.1 Å². The van der Waals surface area contributed by atoms with Crippen molar-refractivity contribution < 1.29 is 0 Å². The molecule has 0 fully saturated rings. The molecule has 0 aromatic carbocycles. The van der Waals surface area contributed by atoms with Crippen LogP contribution in [0, 0.1) is 13.8 Å². The second-order valence-electron chi connectivity index (χ2n) is 2.78. The fourth-order valence-corrected chi connectivity index (χ4v) is 1.61. The Balaban J connectivity index is 2.94. The summed E-state index contributed by atoms with van der Waals surface area (Å²) >= 11 is 3.38. The Morgan fingerprint density at radius 2 is 2.00 bits per heavy atom. The molecular formula is C7H8BrN5. The second-order valence-corrected chi connectivity index (χ2v) is 3.57. The number of nitrogens with two attached hydrogens (primary N) is 1. The molecular weight excluding hydrogens is 234 g/mol. The summed E-state index contributed by atoms with van der Waals surface area (Å²) in [5, 5.41) is 8.28. The smallest absolute Gasteiger partial charge is 0.154 e. The van der Waals surface area contributed by atoms with Crippen molar-refractivity contribution in [1.82, 2.24) is 19.8 Å². The summed E-state index contributed by atoms with van der Waals surface area (Å²) < 4.78 is 2.35. The molecule has 0 saturated heterocycles. The zero-order valence-corrected chi connectivity index (χ0v) is 8.83. The van der Waals surface area contributed by atoms with Gasteiger partial charge in [-0.3, -0.25) is 0 Å². The van der Waals surface area contributed by atoms with Gasteiger partial charge in [0, 0.05) is 0 Å². The van der Waals surface area contributed by atoms with Crippen LogP contribution in [-0.4, -0.2) is 19.8 Å². The number of rotatable bonds is 0. The van der Waals surface area contributed by atoms with E-state index in [0.717, 1.165) is 15.7 Å². The Morgan fingerprint density at radius 1 is 1.31 bits per heavy atom. The molecule has 0 spiro atoms.